The molecule has 0 radical (unpaired) electrons. The highest BCUT2D eigenvalue weighted by atomic mass is 16.5. The maximum atomic E-state index is 11.7. The van der Waals surface area contributed by atoms with E-state index in [0.717, 1.165) is 12.8 Å². The summed E-state index contributed by atoms with van der Waals surface area (Å²) in [5, 5.41) is 6.60. The Morgan fingerprint density at radius 3 is 2.88 bits per heavy atom. The third-order valence-electron chi connectivity index (χ3n) is 2.93. The van der Waals surface area contributed by atoms with Crippen LogP contribution < -0.4 is 11.1 Å². The molecule has 0 unspecified atom stereocenters. The lowest BCUT2D eigenvalue weighted by Crippen LogP contribution is -2.37. The highest BCUT2D eigenvalue weighted by molar-refractivity contribution is 5.85. The second-order valence-corrected chi connectivity index (χ2v) is 4.22. The van der Waals surface area contributed by atoms with Gasteiger partial charge in [-0.25, -0.2) is 0 Å². The molecule has 0 atom stereocenters. The zero-order valence-corrected chi connectivity index (χ0v) is 9.32. The van der Waals surface area contributed by atoms with Crippen molar-refractivity contribution in [2.24, 2.45) is 11.1 Å². The first-order chi connectivity index (χ1) is 7.66. The minimum Gasteiger partial charge on any atom is -0.355 e. The van der Waals surface area contributed by atoms with Crippen LogP contribution in [0.1, 0.15) is 24.6 Å². The second-order valence-electron chi connectivity index (χ2n) is 4.22. The molecule has 0 bridgehead atoms. The Morgan fingerprint density at radius 2 is 2.38 bits per heavy atom. The molecule has 0 saturated heterocycles. The van der Waals surface area contributed by atoms with Gasteiger partial charge in [0, 0.05) is 26.4 Å². The Morgan fingerprint density at radius 1 is 1.62 bits per heavy atom. The van der Waals surface area contributed by atoms with Crippen molar-refractivity contribution in [1.82, 2.24) is 15.5 Å². The third-order valence-corrected chi connectivity index (χ3v) is 2.93. The molecule has 6 nitrogen and oxygen atoms in total. The quantitative estimate of drug-likeness (QED) is 0.720. The van der Waals surface area contributed by atoms with Gasteiger partial charge in [-0.15, -0.1) is 0 Å². The molecule has 1 aliphatic carbocycles. The molecular formula is C10H16N4O2. The Balaban J connectivity index is 1.74. The van der Waals surface area contributed by atoms with Gasteiger partial charge in [-0.05, 0) is 12.8 Å². The van der Waals surface area contributed by atoms with Gasteiger partial charge in [0.15, 0.2) is 5.82 Å². The van der Waals surface area contributed by atoms with E-state index in [-0.39, 0.29) is 11.3 Å². The second kappa shape index (κ2) is 4.21. The van der Waals surface area contributed by atoms with Crippen LogP contribution in [-0.2, 0) is 11.2 Å². The number of nitrogens with two attached hydrogens (primary N) is 1. The van der Waals surface area contributed by atoms with E-state index in [1.165, 1.54) is 0 Å². The van der Waals surface area contributed by atoms with Gasteiger partial charge < -0.3 is 15.6 Å². The average molecular weight is 224 g/mol. The lowest BCUT2D eigenvalue weighted by Gasteiger charge is -2.11. The summed E-state index contributed by atoms with van der Waals surface area (Å²) < 4.78 is 4.83. The fourth-order valence-electron chi connectivity index (χ4n) is 1.59. The van der Waals surface area contributed by atoms with Gasteiger partial charge in [0.05, 0.1) is 5.41 Å². The fraction of sp³-hybridized carbons (Fsp3) is 0.700. The van der Waals surface area contributed by atoms with E-state index in [4.69, 9.17) is 10.3 Å². The summed E-state index contributed by atoms with van der Waals surface area (Å²) in [5.74, 6) is 1.22. The molecule has 6 heteroatoms. The molecular weight excluding hydrogens is 208 g/mol. The highest BCUT2D eigenvalue weighted by Crippen LogP contribution is 2.44. The van der Waals surface area contributed by atoms with Gasteiger partial charge in [-0.1, -0.05) is 5.16 Å². The predicted octanol–water partition coefficient (Wildman–Crippen LogP) is -0.224. The zero-order chi connectivity index (χ0) is 11.6. The lowest BCUT2D eigenvalue weighted by atomic mass is 10.1. The number of hydrogen-bond donors (Lipinski definition) is 2. The fourth-order valence-corrected chi connectivity index (χ4v) is 1.59. The van der Waals surface area contributed by atoms with Crippen molar-refractivity contribution in [2.75, 3.05) is 13.1 Å². The summed E-state index contributed by atoms with van der Waals surface area (Å²) in [6, 6.07) is 0. The molecule has 1 aromatic rings. The normalized spacial score (nSPS) is 17.1. The summed E-state index contributed by atoms with van der Waals surface area (Å²) in [6.45, 7) is 2.70. The van der Waals surface area contributed by atoms with Crippen LogP contribution in [-0.4, -0.2) is 29.1 Å². The Hall–Kier alpha value is -1.43. The Kier molecular flexibility index (Phi) is 2.91. The third kappa shape index (κ3) is 2.21. The summed E-state index contributed by atoms with van der Waals surface area (Å²) >= 11 is 0. The topological polar surface area (TPSA) is 94.0 Å². The minimum atomic E-state index is -0.285. The zero-order valence-electron chi connectivity index (χ0n) is 9.32. The van der Waals surface area contributed by atoms with Crippen molar-refractivity contribution in [3.8, 4) is 0 Å². The van der Waals surface area contributed by atoms with E-state index in [9.17, 15) is 4.79 Å². The Labute approximate surface area is 93.6 Å². The summed E-state index contributed by atoms with van der Waals surface area (Å²) in [6.07, 6.45) is 2.39. The predicted molar refractivity (Wildman–Crippen MR) is 56.5 cm³/mol. The van der Waals surface area contributed by atoms with E-state index in [2.05, 4.69) is 15.5 Å². The maximum Gasteiger partial charge on any atom is 0.227 e. The van der Waals surface area contributed by atoms with Crippen LogP contribution in [0, 0.1) is 12.3 Å². The number of carbonyl (C=O) groups is 1. The van der Waals surface area contributed by atoms with Gasteiger partial charge in [-0.3, -0.25) is 4.79 Å². The first kappa shape index (κ1) is 11.1. The van der Waals surface area contributed by atoms with Crippen LogP contribution in [0.4, 0.5) is 0 Å². The van der Waals surface area contributed by atoms with Crippen molar-refractivity contribution in [3.05, 3.63) is 11.7 Å². The average Bonchev–Trinajstić information content (AvgIpc) is 2.98. The van der Waals surface area contributed by atoms with Crippen molar-refractivity contribution in [1.29, 1.82) is 0 Å². The number of carbonyl (C=O) groups excluding carboxylic acids is 1. The van der Waals surface area contributed by atoms with Gasteiger partial charge >= 0.3 is 0 Å². The smallest absolute Gasteiger partial charge is 0.227 e. The molecule has 1 amide bonds. The first-order valence-electron chi connectivity index (χ1n) is 5.44. The summed E-state index contributed by atoms with van der Waals surface area (Å²) in [4.78, 5) is 15.8. The van der Waals surface area contributed by atoms with Crippen LogP contribution in [0.25, 0.3) is 0 Å². The number of nitrogens with one attached hydrogen (secondary N) is 1. The molecule has 0 aliphatic heterocycles. The van der Waals surface area contributed by atoms with E-state index >= 15 is 0 Å². The van der Waals surface area contributed by atoms with Gasteiger partial charge in [0.1, 0.15) is 0 Å². The van der Waals surface area contributed by atoms with Crippen LogP contribution in [0.15, 0.2) is 4.52 Å². The van der Waals surface area contributed by atoms with Crippen molar-refractivity contribution in [3.63, 3.8) is 0 Å². The van der Waals surface area contributed by atoms with Crippen molar-refractivity contribution in [2.45, 2.75) is 26.2 Å². The monoisotopic (exact) mass is 224 g/mol. The molecule has 1 fully saturated rings. The van der Waals surface area contributed by atoms with E-state index < -0.39 is 0 Å². The molecule has 88 valence electrons. The molecule has 1 heterocycles. The molecule has 2 rings (SSSR count). The number of aryl methyl sites for hydroxylation is 1. The Bertz CT molecular complexity index is 384. The van der Waals surface area contributed by atoms with Crippen molar-refractivity contribution < 1.29 is 9.32 Å². The van der Waals surface area contributed by atoms with Crippen LogP contribution in [0.2, 0.25) is 0 Å². The molecule has 1 aromatic heterocycles. The number of hydrogen-bond acceptors (Lipinski definition) is 5. The van der Waals surface area contributed by atoms with E-state index in [0.29, 0.717) is 31.2 Å². The van der Waals surface area contributed by atoms with Crippen LogP contribution in [0.5, 0.6) is 0 Å². The van der Waals surface area contributed by atoms with Crippen LogP contribution >= 0.6 is 0 Å². The molecule has 0 aromatic carbocycles. The SMILES string of the molecule is Cc1nc(CCNC(=O)C2(CN)CC2)no1. The minimum absolute atomic E-state index is 0.0511. The number of rotatable bonds is 5. The van der Waals surface area contributed by atoms with E-state index in [1.807, 2.05) is 0 Å². The molecule has 0 spiro atoms. The molecule has 16 heavy (non-hydrogen) atoms. The van der Waals surface area contributed by atoms with Crippen LogP contribution in [0.3, 0.4) is 0 Å². The molecule has 1 aliphatic rings. The van der Waals surface area contributed by atoms with Gasteiger partial charge in [-0.2, -0.15) is 4.98 Å². The summed E-state index contributed by atoms with van der Waals surface area (Å²) in [7, 11) is 0. The van der Waals surface area contributed by atoms with Gasteiger partial charge in [0.25, 0.3) is 0 Å². The maximum absolute atomic E-state index is 11.7. The lowest BCUT2D eigenvalue weighted by molar-refractivity contribution is -0.125. The number of nitrogens with zero attached hydrogens (tertiary/aromatic N) is 2. The first-order valence-corrected chi connectivity index (χ1v) is 5.44. The number of amides is 1. The van der Waals surface area contributed by atoms with Crippen molar-refractivity contribution >= 4 is 5.91 Å². The molecule has 1 saturated carbocycles. The van der Waals surface area contributed by atoms with E-state index in [1.54, 1.807) is 6.92 Å². The summed E-state index contributed by atoms with van der Waals surface area (Å²) in [5.41, 5.74) is 5.27. The molecule has 3 N–H and O–H groups in total. The standard InChI is InChI=1S/C10H16N4O2/c1-7-13-8(14-16-7)2-5-12-9(15)10(6-11)3-4-10/h2-6,11H2,1H3,(H,12,15). The number of aromatic nitrogens is 2. The highest BCUT2D eigenvalue weighted by Gasteiger charge is 2.48. The van der Waals surface area contributed by atoms with Gasteiger partial charge in [0.2, 0.25) is 11.8 Å². The largest absolute Gasteiger partial charge is 0.355 e.